The first-order valence-corrected chi connectivity index (χ1v) is 7.79. The predicted octanol–water partition coefficient (Wildman–Crippen LogP) is 2.00. The maximum atomic E-state index is 12.5. The molecule has 4 heteroatoms. The fourth-order valence-electron chi connectivity index (χ4n) is 3.36. The van der Waals surface area contributed by atoms with Gasteiger partial charge in [-0.3, -0.25) is 10.1 Å². The van der Waals surface area contributed by atoms with Crippen LogP contribution in [0.5, 0.6) is 0 Å². The minimum Gasteiger partial charge on any atom is -0.380 e. The summed E-state index contributed by atoms with van der Waals surface area (Å²) in [5.74, 6) is 1.26. The van der Waals surface area contributed by atoms with E-state index in [-0.39, 0.29) is 18.1 Å². The summed E-state index contributed by atoms with van der Waals surface area (Å²) < 4.78 is 5.43. The van der Waals surface area contributed by atoms with Gasteiger partial charge in [-0.05, 0) is 31.6 Å². The Balaban J connectivity index is 2.02. The van der Waals surface area contributed by atoms with Gasteiger partial charge in [0.2, 0.25) is 5.91 Å². The third-order valence-electron chi connectivity index (χ3n) is 4.43. The monoisotopic (exact) mass is 268 g/mol. The van der Waals surface area contributed by atoms with Gasteiger partial charge in [0.05, 0.1) is 18.8 Å². The van der Waals surface area contributed by atoms with Gasteiger partial charge in [0.15, 0.2) is 0 Å². The van der Waals surface area contributed by atoms with Crippen molar-refractivity contribution in [3.05, 3.63) is 0 Å². The first-order chi connectivity index (χ1) is 9.15. The first kappa shape index (κ1) is 14.8. The van der Waals surface area contributed by atoms with E-state index in [1.807, 2.05) is 11.8 Å². The van der Waals surface area contributed by atoms with E-state index in [9.17, 15) is 4.79 Å². The molecule has 1 amide bonds. The Bertz CT molecular complexity index is 301. The Labute approximate surface area is 116 Å². The molecule has 2 aliphatic rings. The smallest absolute Gasteiger partial charge is 0.241 e. The summed E-state index contributed by atoms with van der Waals surface area (Å²) in [5, 5.41) is 3.58. The van der Waals surface area contributed by atoms with Crippen molar-refractivity contribution in [2.75, 3.05) is 19.8 Å². The van der Waals surface area contributed by atoms with Crippen LogP contribution in [0.1, 0.15) is 46.5 Å². The Morgan fingerprint density at radius 3 is 2.63 bits per heavy atom. The molecule has 0 aromatic heterocycles. The quantitative estimate of drug-likeness (QED) is 0.749. The largest absolute Gasteiger partial charge is 0.380 e. The second-order valence-corrected chi connectivity index (χ2v) is 6.11. The average molecular weight is 268 g/mol. The molecule has 0 bridgehead atoms. The van der Waals surface area contributed by atoms with E-state index in [0.717, 1.165) is 13.2 Å². The number of ether oxygens (including phenoxy) is 1. The molecule has 0 spiro atoms. The lowest BCUT2D eigenvalue weighted by atomic mass is 10.0. The first-order valence-electron chi connectivity index (χ1n) is 7.79. The maximum absolute atomic E-state index is 12.5. The lowest BCUT2D eigenvalue weighted by Gasteiger charge is -2.28. The summed E-state index contributed by atoms with van der Waals surface area (Å²) in [6.07, 6.45) is 5.36. The lowest BCUT2D eigenvalue weighted by molar-refractivity contribution is -0.132. The summed E-state index contributed by atoms with van der Waals surface area (Å²) in [5.41, 5.74) is 0. The molecule has 2 rings (SSSR count). The molecule has 1 aliphatic heterocycles. The van der Waals surface area contributed by atoms with Crippen LogP contribution < -0.4 is 5.32 Å². The zero-order valence-corrected chi connectivity index (χ0v) is 12.5. The van der Waals surface area contributed by atoms with Crippen molar-refractivity contribution in [3.8, 4) is 0 Å². The molecule has 1 N–H and O–H groups in total. The van der Waals surface area contributed by atoms with Gasteiger partial charge < -0.3 is 9.64 Å². The molecular weight excluding hydrogens is 240 g/mol. The molecule has 0 aromatic rings. The average Bonchev–Trinajstić information content (AvgIpc) is 2.98. The van der Waals surface area contributed by atoms with Gasteiger partial charge in [-0.2, -0.15) is 0 Å². The highest BCUT2D eigenvalue weighted by atomic mass is 16.5. The number of nitrogens with one attached hydrogen (secondary N) is 1. The predicted molar refractivity (Wildman–Crippen MR) is 75.7 cm³/mol. The second-order valence-electron chi connectivity index (χ2n) is 6.11. The molecule has 2 unspecified atom stereocenters. The normalized spacial score (nSPS) is 28.8. The summed E-state index contributed by atoms with van der Waals surface area (Å²) in [6, 6.07) is -0.00720. The maximum Gasteiger partial charge on any atom is 0.241 e. The van der Waals surface area contributed by atoms with Crippen LogP contribution in [0.15, 0.2) is 0 Å². The van der Waals surface area contributed by atoms with Crippen LogP contribution in [0.2, 0.25) is 0 Å². The topological polar surface area (TPSA) is 41.6 Å². The molecule has 4 nitrogen and oxygen atoms in total. The Hall–Kier alpha value is -0.610. The molecule has 0 radical (unpaired) electrons. The van der Waals surface area contributed by atoms with Crippen LogP contribution in [0, 0.1) is 11.8 Å². The summed E-state index contributed by atoms with van der Waals surface area (Å²) >= 11 is 0. The number of hydrogen-bond donors (Lipinski definition) is 1. The van der Waals surface area contributed by atoms with Crippen LogP contribution in [-0.2, 0) is 9.53 Å². The van der Waals surface area contributed by atoms with E-state index in [2.05, 4.69) is 19.2 Å². The van der Waals surface area contributed by atoms with Gasteiger partial charge in [0.1, 0.15) is 0 Å². The summed E-state index contributed by atoms with van der Waals surface area (Å²) in [7, 11) is 0. The Morgan fingerprint density at radius 2 is 2.05 bits per heavy atom. The van der Waals surface area contributed by atoms with E-state index < -0.39 is 0 Å². The van der Waals surface area contributed by atoms with Gasteiger partial charge in [-0.25, -0.2) is 0 Å². The molecule has 1 heterocycles. The van der Waals surface area contributed by atoms with E-state index in [4.69, 9.17) is 4.74 Å². The van der Waals surface area contributed by atoms with Crippen molar-refractivity contribution in [1.29, 1.82) is 0 Å². The van der Waals surface area contributed by atoms with Gasteiger partial charge in [0.25, 0.3) is 0 Å². The molecule has 1 aliphatic carbocycles. The second kappa shape index (κ2) is 6.71. The van der Waals surface area contributed by atoms with E-state index in [1.165, 1.54) is 25.7 Å². The highest BCUT2D eigenvalue weighted by Gasteiger charge is 2.43. The zero-order valence-electron chi connectivity index (χ0n) is 12.5. The minimum atomic E-state index is -0.00720. The summed E-state index contributed by atoms with van der Waals surface area (Å²) in [4.78, 5) is 14.6. The number of carbonyl (C=O) groups is 1. The van der Waals surface area contributed by atoms with E-state index in [0.29, 0.717) is 18.4 Å². The van der Waals surface area contributed by atoms with Crippen molar-refractivity contribution in [2.45, 2.75) is 58.7 Å². The molecule has 1 saturated heterocycles. The molecule has 2 atom stereocenters. The van der Waals surface area contributed by atoms with Crippen LogP contribution in [0.25, 0.3) is 0 Å². The van der Waals surface area contributed by atoms with E-state index >= 15 is 0 Å². The number of carbonyl (C=O) groups excluding carboxylic acids is 1. The fourth-order valence-corrected chi connectivity index (χ4v) is 3.36. The number of rotatable bonds is 6. The van der Waals surface area contributed by atoms with Crippen LogP contribution >= 0.6 is 0 Å². The Kier molecular flexibility index (Phi) is 5.22. The van der Waals surface area contributed by atoms with Gasteiger partial charge in [0, 0.05) is 13.2 Å². The third-order valence-corrected chi connectivity index (χ3v) is 4.43. The minimum absolute atomic E-state index is 0.00720. The zero-order chi connectivity index (χ0) is 13.8. The van der Waals surface area contributed by atoms with Crippen molar-refractivity contribution in [1.82, 2.24) is 10.2 Å². The van der Waals surface area contributed by atoms with Crippen LogP contribution in [0.3, 0.4) is 0 Å². The molecule has 0 aromatic carbocycles. The number of amides is 1. The number of hydrogen-bond acceptors (Lipinski definition) is 3. The SMILES string of the molecule is CCOCCN1C(=O)C(C(C)C)NC1C1CCCC1. The van der Waals surface area contributed by atoms with Crippen LogP contribution in [-0.4, -0.2) is 42.8 Å². The molecular formula is C15H28N2O2. The highest BCUT2D eigenvalue weighted by molar-refractivity contribution is 5.84. The third kappa shape index (κ3) is 3.29. The molecule has 2 fully saturated rings. The number of nitrogens with zero attached hydrogens (tertiary/aromatic N) is 1. The van der Waals surface area contributed by atoms with E-state index in [1.54, 1.807) is 0 Å². The van der Waals surface area contributed by atoms with Gasteiger partial charge in [-0.1, -0.05) is 26.7 Å². The highest BCUT2D eigenvalue weighted by Crippen LogP contribution is 2.32. The van der Waals surface area contributed by atoms with Crippen molar-refractivity contribution < 1.29 is 9.53 Å². The molecule has 1 saturated carbocycles. The van der Waals surface area contributed by atoms with Crippen molar-refractivity contribution in [3.63, 3.8) is 0 Å². The summed E-state index contributed by atoms with van der Waals surface area (Å²) in [6.45, 7) is 8.33. The molecule has 19 heavy (non-hydrogen) atoms. The molecule has 110 valence electrons. The standard InChI is InChI=1S/C15H28N2O2/c1-4-19-10-9-17-14(12-7-5-6-8-12)16-13(11(2)3)15(17)18/h11-14,16H,4-10H2,1-3H3. The van der Waals surface area contributed by atoms with Crippen LogP contribution in [0.4, 0.5) is 0 Å². The fraction of sp³-hybridized carbons (Fsp3) is 0.933. The van der Waals surface area contributed by atoms with Crippen molar-refractivity contribution in [2.24, 2.45) is 11.8 Å². The van der Waals surface area contributed by atoms with Crippen molar-refractivity contribution >= 4 is 5.91 Å². The lowest BCUT2D eigenvalue weighted by Crippen LogP contribution is -2.44. The van der Waals surface area contributed by atoms with Gasteiger partial charge in [-0.15, -0.1) is 0 Å². The Morgan fingerprint density at radius 1 is 1.37 bits per heavy atom. The van der Waals surface area contributed by atoms with Gasteiger partial charge >= 0.3 is 0 Å².